The van der Waals surface area contributed by atoms with E-state index in [0.29, 0.717) is 6.54 Å². The van der Waals surface area contributed by atoms with E-state index in [2.05, 4.69) is 5.32 Å². The average Bonchev–Trinajstić information content (AvgIpc) is 2.35. The van der Waals surface area contributed by atoms with Gasteiger partial charge in [0.1, 0.15) is 11.9 Å². The zero-order chi connectivity index (χ0) is 14.5. The number of ether oxygens (including phenoxy) is 1. The Labute approximate surface area is 127 Å². The van der Waals surface area contributed by atoms with Crippen LogP contribution in [0.3, 0.4) is 0 Å². The van der Waals surface area contributed by atoms with E-state index in [0.717, 1.165) is 5.75 Å². The molecule has 2 atom stereocenters. The Hall–Kier alpha value is -1.26. The van der Waals surface area contributed by atoms with Crippen LogP contribution in [0.15, 0.2) is 30.3 Å². The summed E-state index contributed by atoms with van der Waals surface area (Å²) in [5.41, 5.74) is 5.64. The van der Waals surface area contributed by atoms with E-state index in [1.54, 1.807) is 0 Å². The third-order valence-electron chi connectivity index (χ3n) is 2.86. The van der Waals surface area contributed by atoms with Crippen LogP contribution in [0.1, 0.15) is 27.7 Å². The number of para-hydroxylation sites is 1. The molecule has 1 aromatic carbocycles. The van der Waals surface area contributed by atoms with Crippen molar-refractivity contribution in [3.8, 4) is 5.75 Å². The molecule has 0 fully saturated rings. The van der Waals surface area contributed by atoms with Gasteiger partial charge >= 0.3 is 0 Å². The summed E-state index contributed by atoms with van der Waals surface area (Å²) in [6, 6.07) is 9.02. The second kappa shape index (κ2) is 8.12. The summed E-state index contributed by atoms with van der Waals surface area (Å²) in [6.07, 6.45) is -0.0986. The summed E-state index contributed by atoms with van der Waals surface area (Å²) in [7, 11) is 0. The topological polar surface area (TPSA) is 64.4 Å². The van der Waals surface area contributed by atoms with Gasteiger partial charge in [-0.25, -0.2) is 0 Å². The van der Waals surface area contributed by atoms with Gasteiger partial charge in [-0.1, -0.05) is 39.0 Å². The minimum atomic E-state index is -0.517. The smallest absolute Gasteiger partial charge is 0.237 e. The molecule has 0 heterocycles. The monoisotopic (exact) mass is 300 g/mol. The third kappa shape index (κ3) is 6.26. The van der Waals surface area contributed by atoms with Crippen LogP contribution < -0.4 is 15.8 Å². The van der Waals surface area contributed by atoms with Gasteiger partial charge in [0, 0.05) is 0 Å². The molecule has 3 N–H and O–H groups in total. The quantitative estimate of drug-likeness (QED) is 0.877. The fourth-order valence-electron chi connectivity index (χ4n) is 1.52. The number of benzene rings is 1. The summed E-state index contributed by atoms with van der Waals surface area (Å²) in [5.74, 6) is 0.653. The lowest BCUT2D eigenvalue weighted by Crippen LogP contribution is -2.50. The van der Waals surface area contributed by atoms with Crippen molar-refractivity contribution < 1.29 is 9.53 Å². The van der Waals surface area contributed by atoms with Gasteiger partial charge in [-0.15, -0.1) is 12.4 Å². The molecule has 0 aliphatic heterocycles. The molecular weight excluding hydrogens is 276 g/mol. The molecule has 0 aromatic heterocycles. The van der Waals surface area contributed by atoms with Crippen molar-refractivity contribution in [2.75, 3.05) is 6.54 Å². The summed E-state index contributed by atoms with van der Waals surface area (Å²) in [5, 5.41) is 2.82. The van der Waals surface area contributed by atoms with Gasteiger partial charge in [0.25, 0.3) is 0 Å². The summed E-state index contributed by atoms with van der Waals surface area (Å²) >= 11 is 0. The van der Waals surface area contributed by atoms with Crippen LogP contribution in [0.25, 0.3) is 0 Å². The van der Waals surface area contributed by atoms with Crippen LogP contribution in [-0.2, 0) is 4.79 Å². The number of amides is 1. The zero-order valence-electron chi connectivity index (χ0n) is 12.6. The van der Waals surface area contributed by atoms with Gasteiger partial charge < -0.3 is 15.8 Å². The van der Waals surface area contributed by atoms with Crippen molar-refractivity contribution in [3.05, 3.63) is 30.3 Å². The minimum absolute atomic E-state index is 0. The van der Waals surface area contributed by atoms with Crippen LogP contribution in [0.5, 0.6) is 5.75 Å². The van der Waals surface area contributed by atoms with Crippen LogP contribution in [0, 0.1) is 5.41 Å². The van der Waals surface area contributed by atoms with Gasteiger partial charge in [0.05, 0.1) is 12.6 Å². The Morgan fingerprint density at radius 3 is 2.35 bits per heavy atom. The van der Waals surface area contributed by atoms with E-state index < -0.39 is 6.04 Å². The number of carbonyl (C=O) groups excluding carboxylic acids is 1. The van der Waals surface area contributed by atoms with E-state index in [9.17, 15) is 4.79 Å². The lowest BCUT2D eigenvalue weighted by Gasteiger charge is -2.26. The molecule has 1 rings (SSSR count). The molecule has 0 spiro atoms. The fraction of sp³-hybridized carbons (Fsp3) is 0.533. The maximum atomic E-state index is 11.9. The number of rotatable bonds is 5. The van der Waals surface area contributed by atoms with Crippen LogP contribution in [0.4, 0.5) is 0 Å². The Morgan fingerprint density at radius 1 is 1.30 bits per heavy atom. The minimum Gasteiger partial charge on any atom is -0.489 e. The van der Waals surface area contributed by atoms with E-state index in [1.165, 1.54) is 0 Å². The van der Waals surface area contributed by atoms with E-state index in [-0.39, 0.29) is 29.8 Å². The Balaban J connectivity index is 0.00000361. The van der Waals surface area contributed by atoms with Crippen molar-refractivity contribution in [3.63, 3.8) is 0 Å². The molecular formula is C15H25ClN2O2. The Morgan fingerprint density at radius 2 is 1.85 bits per heavy atom. The third-order valence-corrected chi connectivity index (χ3v) is 2.86. The molecule has 1 aromatic rings. The fourth-order valence-corrected chi connectivity index (χ4v) is 1.52. The molecule has 0 saturated carbocycles. The molecule has 0 saturated heterocycles. The number of halogens is 1. The van der Waals surface area contributed by atoms with Gasteiger partial charge in [-0.2, -0.15) is 0 Å². The lowest BCUT2D eigenvalue weighted by atomic mass is 9.87. The predicted molar refractivity (Wildman–Crippen MR) is 84.2 cm³/mol. The second-order valence-electron chi connectivity index (χ2n) is 5.83. The first-order chi connectivity index (χ1) is 8.80. The van der Waals surface area contributed by atoms with Gasteiger partial charge in [0.2, 0.25) is 5.91 Å². The van der Waals surface area contributed by atoms with Gasteiger partial charge in [0.15, 0.2) is 0 Å². The van der Waals surface area contributed by atoms with E-state index >= 15 is 0 Å². The zero-order valence-corrected chi connectivity index (χ0v) is 13.4. The van der Waals surface area contributed by atoms with E-state index in [4.69, 9.17) is 10.5 Å². The molecule has 5 heteroatoms. The number of carbonyl (C=O) groups is 1. The average molecular weight is 301 g/mol. The SMILES string of the molecule is CC(CNC(=O)[C@@H](N)C(C)(C)C)Oc1ccccc1.Cl. The maximum absolute atomic E-state index is 11.9. The number of nitrogens with one attached hydrogen (secondary N) is 1. The predicted octanol–water partition coefficient (Wildman–Crippen LogP) is 2.37. The highest BCUT2D eigenvalue weighted by atomic mass is 35.5. The standard InChI is InChI=1S/C15H24N2O2.ClH/c1-11(19-12-8-6-5-7-9-12)10-17-14(18)13(16)15(2,3)4;/h5-9,11,13H,10,16H2,1-4H3,(H,17,18);1H/t11?,13-;/m1./s1. The highest BCUT2D eigenvalue weighted by Gasteiger charge is 2.27. The number of nitrogens with two attached hydrogens (primary N) is 1. The highest BCUT2D eigenvalue weighted by Crippen LogP contribution is 2.17. The first-order valence-electron chi connectivity index (χ1n) is 6.55. The van der Waals surface area contributed by atoms with Gasteiger partial charge in [-0.3, -0.25) is 4.79 Å². The van der Waals surface area contributed by atoms with E-state index in [1.807, 2.05) is 58.0 Å². The first kappa shape index (κ1) is 18.7. The van der Waals surface area contributed by atoms with Crippen molar-refractivity contribution in [2.24, 2.45) is 11.1 Å². The first-order valence-corrected chi connectivity index (χ1v) is 6.55. The molecule has 0 aliphatic carbocycles. The van der Waals surface area contributed by atoms with Crippen LogP contribution in [0.2, 0.25) is 0 Å². The highest BCUT2D eigenvalue weighted by molar-refractivity contribution is 5.85. The normalized spacial score (nSPS) is 13.8. The van der Waals surface area contributed by atoms with Crippen molar-refractivity contribution in [1.29, 1.82) is 0 Å². The Kier molecular flexibility index (Phi) is 7.61. The molecule has 4 nitrogen and oxygen atoms in total. The molecule has 0 radical (unpaired) electrons. The van der Waals surface area contributed by atoms with Crippen molar-refractivity contribution in [1.82, 2.24) is 5.32 Å². The molecule has 1 amide bonds. The maximum Gasteiger partial charge on any atom is 0.237 e. The largest absolute Gasteiger partial charge is 0.489 e. The van der Waals surface area contributed by atoms with Crippen LogP contribution >= 0.6 is 12.4 Å². The second-order valence-corrected chi connectivity index (χ2v) is 5.83. The molecule has 114 valence electrons. The van der Waals surface area contributed by atoms with Crippen molar-refractivity contribution in [2.45, 2.75) is 39.8 Å². The Bertz CT molecular complexity index is 404. The summed E-state index contributed by atoms with van der Waals surface area (Å²) in [6.45, 7) is 8.19. The van der Waals surface area contributed by atoms with Crippen LogP contribution in [-0.4, -0.2) is 24.6 Å². The molecule has 0 bridgehead atoms. The molecule has 0 aliphatic rings. The van der Waals surface area contributed by atoms with Crippen molar-refractivity contribution >= 4 is 18.3 Å². The summed E-state index contributed by atoms with van der Waals surface area (Å²) in [4.78, 5) is 11.9. The van der Waals surface area contributed by atoms with Gasteiger partial charge in [-0.05, 0) is 24.5 Å². The number of hydrogen-bond donors (Lipinski definition) is 2. The molecule has 20 heavy (non-hydrogen) atoms. The lowest BCUT2D eigenvalue weighted by molar-refractivity contribution is -0.124. The molecule has 1 unspecified atom stereocenters. The number of hydrogen-bond acceptors (Lipinski definition) is 3. The summed E-state index contributed by atoms with van der Waals surface area (Å²) < 4.78 is 5.67.